The van der Waals surface area contributed by atoms with E-state index in [-0.39, 0.29) is 40.8 Å². The number of hydrogen-bond donors (Lipinski definition) is 0. The Labute approximate surface area is 207 Å². The normalized spacial score (nSPS) is 20.7. The second-order valence-corrected chi connectivity index (χ2v) is 12.1. The van der Waals surface area contributed by atoms with Crippen molar-refractivity contribution in [1.29, 1.82) is 0 Å². The molecule has 5 rings (SSSR count). The zero-order valence-electron chi connectivity index (χ0n) is 20.2. The minimum Gasteiger partial charge on any atom is -0.340 e. The Morgan fingerprint density at radius 2 is 1.69 bits per heavy atom. The van der Waals surface area contributed by atoms with Crippen molar-refractivity contribution in [2.75, 3.05) is 36.8 Å². The number of sulfone groups is 1. The van der Waals surface area contributed by atoms with Gasteiger partial charge in [0.15, 0.2) is 9.84 Å². The quantitative estimate of drug-likeness (QED) is 0.590. The molecule has 35 heavy (non-hydrogen) atoms. The van der Waals surface area contributed by atoms with Crippen LogP contribution in [0.3, 0.4) is 0 Å². The van der Waals surface area contributed by atoms with E-state index in [2.05, 4.69) is 17.0 Å². The number of carbonyl (C=O) groups excluding carboxylic acids is 2. The van der Waals surface area contributed by atoms with E-state index in [1.807, 2.05) is 30.0 Å². The van der Waals surface area contributed by atoms with Crippen LogP contribution in [-0.2, 0) is 32.4 Å². The molecule has 0 N–H and O–H groups in total. The van der Waals surface area contributed by atoms with E-state index in [0.717, 1.165) is 43.7 Å². The zero-order chi connectivity index (χ0) is 24.6. The topological polar surface area (TPSA) is 78.0 Å². The van der Waals surface area contributed by atoms with Crippen LogP contribution >= 0.6 is 0 Å². The van der Waals surface area contributed by atoms with Crippen molar-refractivity contribution >= 4 is 27.3 Å². The van der Waals surface area contributed by atoms with Gasteiger partial charge in [-0.1, -0.05) is 30.3 Å². The Bertz CT molecular complexity index is 1200. The van der Waals surface area contributed by atoms with Crippen LogP contribution in [0.5, 0.6) is 0 Å². The van der Waals surface area contributed by atoms with E-state index in [1.165, 1.54) is 5.56 Å². The molecule has 3 aliphatic rings. The fourth-order valence-electron chi connectivity index (χ4n) is 5.16. The van der Waals surface area contributed by atoms with Gasteiger partial charge >= 0.3 is 0 Å². The third-order valence-electron chi connectivity index (χ3n) is 7.35. The van der Waals surface area contributed by atoms with Crippen molar-refractivity contribution in [1.82, 2.24) is 9.80 Å². The van der Waals surface area contributed by atoms with E-state index in [4.69, 9.17) is 0 Å². The fourth-order valence-corrected chi connectivity index (χ4v) is 6.43. The van der Waals surface area contributed by atoms with Gasteiger partial charge in [0.25, 0.3) is 0 Å². The third kappa shape index (κ3) is 5.28. The van der Waals surface area contributed by atoms with Crippen molar-refractivity contribution in [2.24, 2.45) is 5.92 Å². The monoisotopic (exact) mass is 495 g/mol. The summed E-state index contributed by atoms with van der Waals surface area (Å²) < 4.78 is 26.1. The van der Waals surface area contributed by atoms with Gasteiger partial charge in [-0.05, 0) is 55.5 Å². The number of benzene rings is 2. The van der Waals surface area contributed by atoms with Crippen molar-refractivity contribution in [3.05, 3.63) is 59.7 Å². The van der Waals surface area contributed by atoms with Crippen LogP contribution in [-0.4, -0.2) is 68.0 Å². The molecule has 2 aromatic rings. The number of nitrogens with zero attached hydrogens (tertiary/aromatic N) is 3. The molecular weight excluding hydrogens is 462 g/mol. The van der Waals surface area contributed by atoms with Gasteiger partial charge < -0.3 is 9.80 Å². The summed E-state index contributed by atoms with van der Waals surface area (Å²) in [6, 6.07) is 15.4. The molecule has 1 aliphatic carbocycles. The standard InChI is InChI=1S/C27H33N3O4S/c1-20-17-23-18-24(9-10-25(23)30(20)27(32)22-7-8-22)35(33,34)16-11-26(31)29-14-12-28(13-15-29)19-21-5-3-2-4-6-21/h2-6,9-10,18,20,22H,7-8,11-17,19H2,1H3/t20-/m0/s1. The number of carbonyl (C=O) groups is 2. The van der Waals surface area contributed by atoms with Gasteiger partial charge in [-0.15, -0.1) is 0 Å². The average molecular weight is 496 g/mol. The van der Waals surface area contributed by atoms with Crippen LogP contribution < -0.4 is 4.90 Å². The van der Waals surface area contributed by atoms with Crippen LogP contribution in [0.15, 0.2) is 53.4 Å². The Morgan fingerprint density at radius 1 is 0.971 bits per heavy atom. The first kappa shape index (κ1) is 24.0. The van der Waals surface area contributed by atoms with Gasteiger partial charge in [0.2, 0.25) is 11.8 Å². The first-order chi connectivity index (χ1) is 16.8. The number of anilines is 1. The SMILES string of the molecule is C[C@H]1Cc2cc(S(=O)(=O)CCC(=O)N3CCN(Cc4ccccc4)CC3)ccc2N1C(=O)C1CC1. The van der Waals surface area contributed by atoms with Crippen LogP contribution in [0.25, 0.3) is 0 Å². The summed E-state index contributed by atoms with van der Waals surface area (Å²) in [7, 11) is -3.59. The molecule has 0 spiro atoms. The highest BCUT2D eigenvalue weighted by molar-refractivity contribution is 7.91. The molecule has 0 radical (unpaired) electrons. The molecular formula is C27H33N3O4S. The van der Waals surface area contributed by atoms with Gasteiger partial charge in [0.05, 0.1) is 10.6 Å². The summed E-state index contributed by atoms with van der Waals surface area (Å²) in [5.74, 6) is -0.0296. The molecule has 1 saturated carbocycles. The van der Waals surface area contributed by atoms with Gasteiger partial charge in [-0.2, -0.15) is 0 Å². The smallest absolute Gasteiger partial charge is 0.230 e. The van der Waals surface area contributed by atoms with Gasteiger partial charge in [0, 0.05) is 56.8 Å². The molecule has 0 bridgehead atoms. The largest absolute Gasteiger partial charge is 0.340 e. The molecule has 2 heterocycles. The van der Waals surface area contributed by atoms with Crippen molar-refractivity contribution in [3.63, 3.8) is 0 Å². The maximum atomic E-state index is 13.0. The number of rotatable bonds is 7. The van der Waals surface area contributed by atoms with Crippen LogP contribution in [0.1, 0.15) is 37.3 Å². The first-order valence-electron chi connectivity index (χ1n) is 12.5. The Balaban J connectivity index is 1.16. The minimum absolute atomic E-state index is 0.0131. The highest BCUT2D eigenvalue weighted by Gasteiger charge is 2.39. The number of piperazine rings is 1. The molecule has 186 valence electrons. The lowest BCUT2D eigenvalue weighted by molar-refractivity contribution is -0.132. The van der Waals surface area contributed by atoms with Crippen LogP contribution in [0.4, 0.5) is 5.69 Å². The average Bonchev–Trinajstić information content (AvgIpc) is 3.65. The third-order valence-corrected chi connectivity index (χ3v) is 9.06. The van der Waals surface area contributed by atoms with Gasteiger partial charge in [-0.3, -0.25) is 14.5 Å². The zero-order valence-corrected chi connectivity index (χ0v) is 21.0. The van der Waals surface area contributed by atoms with E-state index >= 15 is 0 Å². The molecule has 2 aliphatic heterocycles. The van der Waals surface area contributed by atoms with Crippen molar-refractivity contribution < 1.29 is 18.0 Å². The second kappa shape index (κ2) is 9.74. The molecule has 8 heteroatoms. The summed E-state index contributed by atoms with van der Waals surface area (Å²) in [5, 5.41) is 0. The van der Waals surface area contributed by atoms with Crippen molar-refractivity contribution in [2.45, 2.75) is 50.1 Å². The summed E-state index contributed by atoms with van der Waals surface area (Å²) in [6.45, 7) is 5.67. The summed E-state index contributed by atoms with van der Waals surface area (Å²) in [6.07, 6.45) is 2.53. The fraction of sp³-hybridized carbons (Fsp3) is 0.481. The van der Waals surface area contributed by atoms with E-state index in [1.54, 1.807) is 23.1 Å². The molecule has 2 fully saturated rings. The molecule has 1 saturated heterocycles. The maximum absolute atomic E-state index is 13.0. The summed E-state index contributed by atoms with van der Waals surface area (Å²) in [5.41, 5.74) is 2.98. The highest BCUT2D eigenvalue weighted by atomic mass is 32.2. The van der Waals surface area contributed by atoms with Crippen LogP contribution in [0.2, 0.25) is 0 Å². The number of amides is 2. The Kier molecular flexibility index (Phi) is 6.68. The van der Waals surface area contributed by atoms with E-state index in [0.29, 0.717) is 19.5 Å². The molecule has 7 nitrogen and oxygen atoms in total. The lowest BCUT2D eigenvalue weighted by atomic mass is 10.1. The van der Waals surface area contributed by atoms with Gasteiger partial charge in [0.1, 0.15) is 0 Å². The van der Waals surface area contributed by atoms with Crippen molar-refractivity contribution in [3.8, 4) is 0 Å². The molecule has 2 aromatic carbocycles. The van der Waals surface area contributed by atoms with Gasteiger partial charge in [-0.25, -0.2) is 8.42 Å². The summed E-state index contributed by atoms with van der Waals surface area (Å²) in [4.78, 5) is 31.6. The minimum atomic E-state index is -3.59. The van der Waals surface area contributed by atoms with E-state index < -0.39 is 9.84 Å². The molecule has 0 unspecified atom stereocenters. The molecule has 0 aromatic heterocycles. The van der Waals surface area contributed by atoms with E-state index in [9.17, 15) is 18.0 Å². The predicted octanol–water partition coefficient (Wildman–Crippen LogP) is 2.88. The summed E-state index contributed by atoms with van der Waals surface area (Å²) >= 11 is 0. The first-order valence-corrected chi connectivity index (χ1v) is 14.2. The predicted molar refractivity (Wildman–Crippen MR) is 135 cm³/mol. The number of hydrogen-bond acceptors (Lipinski definition) is 5. The lowest BCUT2D eigenvalue weighted by Crippen LogP contribution is -2.48. The Hall–Kier alpha value is -2.71. The molecule has 1 atom stereocenters. The maximum Gasteiger partial charge on any atom is 0.230 e. The Morgan fingerprint density at radius 3 is 2.37 bits per heavy atom. The highest BCUT2D eigenvalue weighted by Crippen LogP contribution is 2.39. The number of fused-ring (bicyclic) bond motifs is 1. The molecule has 2 amide bonds. The lowest BCUT2D eigenvalue weighted by Gasteiger charge is -2.34. The second-order valence-electron chi connectivity index (χ2n) is 10.0. The van der Waals surface area contributed by atoms with Crippen LogP contribution in [0, 0.1) is 5.92 Å².